The van der Waals surface area contributed by atoms with Crippen LogP contribution in [-0.2, 0) is 4.79 Å². The Morgan fingerprint density at radius 3 is 3.00 bits per heavy atom. The van der Waals surface area contributed by atoms with Crippen molar-refractivity contribution in [3.05, 3.63) is 21.8 Å². The van der Waals surface area contributed by atoms with Gasteiger partial charge in [0.2, 0.25) is 5.91 Å². The lowest BCUT2D eigenvalue weighted by Gasteiger charge is -2.06. The van der Waals surface area contributed by atoms with Gasteiger partial charge in [-0.2, -0.15) is 0 Å². The van der Waals surface area contributed by atoms with Gasteiger partial charge in [-0.25, -0.2) is 4.98 Å². The van der Waals surface area contributed by atoms with Crippen LogP contribution in [0.5, 0.6) is 0 Å². The van der Waals surface area contributed by atoms with Crippen LogP contribution in [0.4, 0.5) is 5.82 Å². The minimum atomic E-state index is -0.292. The van der Waals surface area contributed by atoms with Crippen LogP contribution < -0.4 is 11.1 Å². The van der Waals surface area contributed by atoms with E-state index in [2.05, 4.69) is 26.2 Å². The number of carbonyl (C=O) groups excluding carboxylic acids is 1. The van der Waals surface area contributed by atoms with E-state index in [0.29, 0.717) is 30.2 Å². The molecule has 82 valence electrons. The average molecular weight is 293 g/mol. The largest absolute Gasteiger partial charge is 0.370 e. The summed E-state index contributed by atoms with van der Waals surface area (Å²) in [5.41, 5.74) is 5.01. The molecule has 1 aromatic rings. The van der Waals surface area contributed by atoms with Gasteiger partial charge in [0.05, 0.1) is 9.50 Å². The number of pyridine rings is 1. The number of halogens is 2. The van der Waals surface area contributed by atoms with Crippen molar-refractivity contribution in [1.82, 2.24) is 4.98 Å². The molecule has 15 heavy (non-hydrogen) atoms. The predicted molar refractivity (Wildman–Crippen MR) is 63.9 cm³/mol. The van der Waals surface area contributed by atoms with Gasteiger partial charge in [0.25, 0.3) is 0 Å². The van der Waals surface area contributed by atoms with Gasteiger partial charge in [0, 0.05) is 19.2 Å². The number of nitrogens with one attached hydrogen (secondary N) is 1. The van der Waals surface area contributed by atoms with Crippen LogP contribution in [0.15, 0.2) is 16.7 Å². The lowest BCUT2D eigenvalue weighted by atomic mass is 10.3. The first-order valence-electron chi connectivity index (χ1n) is 4.43. The summed E-state index contributed by atoms with van der Waals surface area (Å²) in [6, 6.07) is 1.75. The Balaban J connectivity index is 2.40. The van der Waals surface area contributed by atoms with E-state index in [1.165, 1.54) is 0 Å². The topological polar surface area (TPSA) is 68.0 Å². The van der Waals surface area contributed by atoms with Gasteiger partial charge in [-0.05, 0) is 28.4 Å². The molecule has 4 nitrogen and oxygen atoms in total. The molecule has 0 saturated carbocycles. The molecule has 0 bridgehead atoms. The van der Waals surface area contributed by atoms with Crippen molar-refractivity contribution in [2.45, 2.75) is 12.8 Å². The summed E-state index contributed by atoms with van der Waals surface area (Å²) in [5.74, 6) is 0.420. The first-order valence-corrected chi connectivity index (χ1v) is 5.60. The molecule has 1 amide bonds. The van der Waals surface area contributed by atoms with Crippen LogP contribution in [0.2, 0.25) is 5.02 Å². The minimum absolute atomic E-state index is 0.292. The van der Waals surface area contributed by atoms with Crippen molar-refractivity contribution >= 4 is 39.3 Å². The number of anilines is 1. The summed E-state index contributed by atoms with van der Waals surface area (Å²) in [5, 5.41) is 3.64. The van der Waals surface area contributed by atoms with Crippen molar-refractivity contribution in [1.29, 1.82) is 0 Å². The fraction of sp³-hybridized carbons (Fsp3) is 0.333. The summed E-state index contributed by atoms with van der Waals surface area (Å²) >= 11 is 9.07. The Morgan fingerprint density at radius 2 is 2.40 bits per heavy atom. The van der Waals surface area contributed by atoms with Crippen molar-refractivity contribution in [3.63, 3.8) is 0 Å². The minimum Gasteiger partial charge on any atom is -0.370 e. The highest BCUT2D eigenvalue weighted by Gasteiger charge is 2.01. The van der Waals surface area contributed by atoms with Gasteiger partial charge in [-0.1, -0.05) is 11.6 Å². The predicted octanol–water partition coefficient (Wildman–Crippen LogP) is 2.17. The third kappa shape index (κ3) is 4.48. The molecular formula is C9H11BrClN3O. The van der Waals surface area contributed by atoms with E-state index >= 15 is 0 Å². The zero-order chi connectivity index (χ0) is 11.3. The van der Waals surface area contributed by atoms with Gasteiger partial charge in [-0.3, -0.25) is 4.79 Å². The summed E-state index contributed by atoms with van der Waals surface area (Å²) in [4.78, 5) is 14.6. The number of amides is 1. The molecule has 1 rings (SSSR count). The SMILES string of the molecule is NC(=O)CCCNc1ncc(Cl)cc1Br. The maximum Gasteiger partial charge on any atom is 0.217 e. The highest BCUT2D eigenvalue weighted by atomic mass is 79.9. The quantitative estimate of drug-likeness (QED) is 0.817. The van der Waals surface area contributed by atoms with E-state index in [1.807, 2.05) is 0 Å². The normalized spacial score (nSPS) is 10.0. The molecule has 6 heteroatoms. The fourth-order valence-corrected chi connectivity index (χ4v) is 1.79. The molecule has 0 aliphatic carbocycles. The van der Waals surface area contributed by atoms with Gasteiger partial charge in [0.1, 0.15) is 5.82 Å². The molecule has 0 atom stereocenters. The van der Waals surface area contributed by atoms with Crippen molar-refractivity contribution in [2.24, 2.45) is 5.73 Å². The summed E-state index contributed by atoms with van der Waals surface area (Å²) in [6.07, 6.45) is 2.62. The number of aromatic nitrogens is 1. The van der Waals surface area contributed by atoms with Gasteiger partial charge < -0.3 is 11.1 Å². The molecular weight excluding hydrogens is 281 g/mol. The Labute approximate surface area is 101 Å². The lowest BCUT2D eigenvalue weighted by Crippen LogP contribution is -2.13. The highest BCUT2D eigenvalue weighted by molar-refractivity contribution is 9.10. The standard InChI is InChI=1S/C9H11BrClN3O/c10-7-4-6(11)5-14-9(7)13-3-1-2-8(12)15/h4-5H,1-3H2,(H2,12,15)(H,13,14). The summed E-state index contributed by atoms with van der Waals surface area (Å²) in [6.45, 7) is 0.649. The Hall–Kier alpha value is -0.810. The van der Waals surface area contributed by atoms with E-state index in [0.717, 1.165) is 4.47 Å². The van der Waals surface area contributed by atoms with Crippen LogP contribution in [0, 0.1) is 0 Å². The number of nitrogens with two attached hydrogens (primary N) is 1. The number of hydrogen-bond acceptors (Lipinski definition) is 3. The highest BCUT2D eigenvalue weighted by Crippen LogP contribution is 2.22. The molecule has 0 aliphatic heterocycles. The first kappa shape index (κ1) is 12.3. The van der Waals surface area contributed by atoms with Gasteiger partial charge in [0.15, 0.2) is 0 Å². The maximum absolute atomic E-state index is 10.5. The second-order valence-electron chi connectivity index (χ2n) is 2.98. The van der Waals surface area contributed by atoms with E-state index in [1.54, 1.807) is 12.3 Å². The number of nitrogens with zero attached hydrogens (tertiary/aromatic N) is 1. The monoisotopic (exact) mass is 291 g/mol. The smallest absolute Gasteiger partial charge is 0.217 e. The lowest BCUT2D eigenvalue weighted by molar-refractivity contribution is -0.118. The number of carbonyl (C=O) groups is 1. The molecule has 0 aliphatic rings. The number of primary amides is 1. The van der Waals surface area contributed by atoms with E-state index in [4.69, 9.17) is 17.3 Å². The first-order chi connectivity index (χ1) is 7.09. The van der Waals surface area contributed by atoms with Crippen molar-refractivity contribution in [2.75, 3.05) is 11.9 Å². The molecule has 0 spiro atoms. The van der Waals surface area contributed by atoms with Crippen LogP contribution in [0.1, 0.15) is 12.8 Å². The van der Waals surface area contributed by atoms with E-state index in [-0.39, 0.29) is 5.91 Å². The zero-order valence-electron chi connectivity index (χ0n) is 7.96. The molecule has 3 N–H and O–H groups in total. The third-order valence-corrected chi connectivity index (χ3v) is 2.51. The summed E-state index contributed by atoms with van der Waals surface area (Å²) in [7, 11) is 0. The Morgan fingerprint density at radius 1 is 1.67 bits per heavy atom. The second kappa shape index (κ2) is 5.92. The average Bonchev–Trinajstić information content (AvgIpc) is 2.14. The van der Waals surface area contributed by atoms with E-state index < -0.39 is 0 Å². The zero-order valence-corrected chi connectivity index (χ0v) is 10.3. The van der Waals surface area contributed by atoms with Crippen molar-refractivity contribution < 1.29 is 4.79 Å². The third-order valence-electron chi connectivity index (χ3n) is 1.70. The molecule has 1 aromatic heterocycles. The molecule has 0 aromatic carbocycles. The van der Waals surface area contributed by atoms with Crippen LogP contribution in [0.25, 0.3) is 0 Å². The second-order valence-corrected chi connectivity index (χ2v) is 4.27. The van der Waals surface area contributed by atoms with Crippen LogP contribution in [-0.4, -0.2) is 17.4 Å². The maximum atomic E-state index is 10.5. The molecule has 0 radical (unpaired) electrons. The number of rotatable bonds is 5. The van der Waals surface area contributed by atoms with Gasteiger partial charge in [-0.15, -0.1) is 0 Å². The molecule has 0 fully saturated rings. The Bertz CT molecular complexity index is 359. The fourth-order valence-electron chi connectivity index (χ4n) is 1.01. The van der Waals surface area contributed by atoms with E-state index in [9.17, 15) is 4.79 Å². The summed E-state index contributed by atoms with van der Waals surface area (Å²) < 4.78 is 0.800. The van der Waals surface area contributed by atoms with Gasteiger partial charge >= 0.3 is 0 Å². The molecule has 0 unspecified atom stereocenters. The van der Waals surface area contributed by atoms with Crippen LogP contribution in [0.3, 0.4) is 0 Å². The number of hydrogen-bond donors (Lipinski definition) is 2. The van der Waals surface area contributed by atoms with Crippen molar-refractivity contribution in [3.8, 4) is 0 Å². The molecule has 0 saturated heterocycles. The molecule has 1 heterocycles. The van der Waals surface area contributed by atoms with Crippen LogP contribution >= 0.6 is 27.5 Å². The Kier molecular flexibility index (Phi) is 4.84.